The number of benzene rings is 3. The van der Waals surface area contributed by atoms with Crippen LogP contribution in [0.25, 0.3) is 0 Å². The van der Waals surface area contributed by atoms with E-state index in [0.717, 1.165) is 11.1 Å². The van der Waals surface area contributed by atoms with Crippen LogP contribution >= 0.6 is 11.6 Å². The van der Waals surface area contributed by atoms with E-state index in [1.54, 1.807) is 36.3 Å². The second-order valence-corrected chi connectivity index (χ2v) is 9.05. The van der Waals surface area contributed by atoms with Gasteiger partial charge in [0.05, 0.1) is 13.0 Å². The molecule has 1 saturated heterocycles. The molecule has 0 radical (unpaired) electrons. The van der Waals surface area contributed by atoms with E-state index in [1.165, 1.54) is 0 Å². The summed E-state index contributed by atoms with van der Waals surface area (Å²) in [5.74, 6) is 1.23. The van der Waals surface area contributed by atoms with Gasteiger partial charge in [-0.3, -0.25) is 9.59 Å². The number of fused-ring (bicyclic) bond motifs is 1. The van der Waals surface area contributed by atoms with Crippen molar-refractivity contribution in [2.45, 2.75) is 12.5 Å². The molecule has 5 rings (SSSR count). The molecule has 0 saturated carbocycles. The second-order valence-electron chi connectivity index (χ2n) is 8.62. The number of nitrogens with zero attached hydrogens (tertiary/aromatic N) is 1. The highest BCUT2D eigenvalue weighted by Crippen LogP contribution is 2.36. The molecule has 8 heteroatoms. The predicted octanol–water partition coefficient (Wildman–Crippen LogP) is 4.25. The number of hydrogen-bond donors (Lipinski definition) is 1. The smallest absolute Gasteiger partial charge is 0.253 e. The third-order valence-corrected chi connectivity index (χ3v) is 6.68. The topological polar surface area (TPSA) is 77.1 Å². The minimum Gasteiger partial charge on any atom is -0.497 e. The Labute approximate surface area is 208 Å². The van der Waals surface area contributed by atoms with Crippen LogP contribution in [0.15, 0.2) is 66.7 Å². The molecule has 2 aliphatic heterocycles. The summed E-state index contributed by atoms with van der Waals surface area (Å²) >= 11 is 6.10. The molecule has 0 aromatic heterocycles. The Morgan fingerprint density at radius 1 is 1.03 bits per heavy atom. The lowest BCUT2D eigenvalue weighted by atomic mass is 9.88. The quantitative estimate of drug-likeness (QED) is 0.556. The molecule has 0 aliphatic carbocycles. The highest BCUT2D eigenvalue weighted by Gasteiger charge is 2.40. The molecule has 2 atom stereocenters. The van der Waals surface area contributed by atoms with Gasteiger partial charge in [0.15, 0.2) is 11.5 Å². The summed E-state index contributed by atoms with van der Waals surface area (Å²) in [6.07, 6.45) is 0. The lowest BCUT2D eigenvalue weighted by Gasteiger charge is -2.19. The molecular weight excluding hydrogens is 468 g/mol. The van der Waals surface area contributed by atoms with Crippen LogP contribution < -0.4 is 19.5 Å². The standard InChI is InChI=1S/C27H25ClN2O5/c1-33-21-7-3-4-18(12-21)22-14-30(27(32)19-5-2-6-20(28)11-19)15-23(22)26(31)29-13-17-8-9-24-25(10-17)35-16-34-24/h2-12,22-23H,13-16H2,1H3,(H,29,31). The maximum Gasteiger partial charge on any atom is 0.253 e. The molecule has 1 N–H and O–H groups in total. The Kier molecular flexibility index (Phi) is 6.51. The molecule has 0 bridgehead atoms. The first-order chi connectivity index (χ1) is 17.0. The zero-order valence-corrected chi connectivity index (χ0v) is 20.0. The SMILES string of the molecule is COc1cccc(C2CN(C(=O)c3cccc(Cl)c3)CC2C(=O)NCc2ccc3c(c2)OCO3)c1. The number of carbonyl (C=O) groups excluding carboxylic acids is 2. The predicted molar refractivity (Wildman–Crippen MR) is 131 cm³/mol. The van der Waals surface area contributed by atoms with Gasteiger partial charge in [-0.25, -0.2) is 0 Å². The van der Waals surface area contributed by atoms with Gasteiger partial charge in [0, 0.05) is 36.1 Å². The fourth-order valence-electron chi connectivity index (χ4n) is 4.62. The van der Waals surface area contributed by atoms with Crippen LogP contribution in [-0.4, -0.2) is 43.7 Å². The lowest BCUT2D eigenvalue weighted by Crippen LogP contribution is -2.35. The molecule has 2 heterocycles. The van der Waals surface area contributed by atoms with Crippen molar-refractivity contribution in [3.8, 4) is 17.2 Å². The Bertz CT molecular complexity index is 1260. The zero-order valence-electron chi connectivity index (χ0n) is 19.2. The molecule has 35 heavy (non-hydrogen) atoms. The number of hydrogen-bond acceptors (Lipinski definition) is 5. The van der Waals surface area contributed by atoms with Gasteiger partial charge in [-0.2, -0.15) is 0 Å². The monoisotopic (exact) mass is 492 g/mol. The Hall–Kier alpha value is -3.71. The number of halogens is 1. The number of nitrogens with one attached hydrogen (secondary N) is 1. The molecule has 180 valence electrons. The number of methoxy groups -OCH3 is 1. The van der Waals surface area contributed by atoms with Crippen LogP contribution in [0.4, 0.5) is 0 Å². The van der Waals surface area contributed by atoms with E-state index >= 15 is 0 Å². The van der Waals surface area contributed by atoms with Gasteiger partial charge in [-0.1, -0.05) is 35.9 Å². The fraction of sp³-hybridized carbons (Fsp3) is 0.259. The minimum absolute atomic E-state index is 0.114. The minimum atomic E-state index is -0.417. The van der Waals surface area contributed by atoms with Gasteiger partial charge >= 0.3 is 0 Å². The largest absolute Gasteiger partial charge is 0.497 e. The number of rotatable bonds is 6. The number of carbonyl (C=O) groups is 2. The van der Waals surface area contributed by atoms with E-state index in [1.807, 2.05) is 42.5 Å². The van der Waals surface area contributed by atoms with Crippen molar-refractivity contribution in [1.29, 1.82) is 0 Å². The maximum absolute atomic E-state index is 13.4. The van der Waals surface area contributed by atoms with Crippen LogP contribution in [0.3, 0.4) is 0 Å². The number of likely N-dealkylation sites (tertiary alicyclic amines) is 1. The first-order valence-corrected chi connectivity index (χ1v) is 11.7. The molecule has 3 aromatic carbocycles. The van der Waals surface area contributed by atoms with Gasteiger partial charge in [0.25, 0.3) is 5.91 Å². The van der Waals surface area contributed by atoms with E-state index in [4.69, 9.17) is 25.8 Å². The van der Waals surface area contributed by atoms with Crippen LogP contribution in [0, 0.1) is 5.92 Å². The molecule has 0 spiro atoms. The third kappa shape index (κ3) is 4.91. The average Bonchev–Trinajstić information content (AvgIpc) is 3.54. The molecule has 2 unspecified atom stereocenters. The highest BCUT2D eigenvalue weighted by atomic mass is 35.5. The Morgan fingerprint density at radius 3 is 2.69 bits per heavy atom. The summed E-state index contributed by atoms with van der Waals surface area (Å²) in [7, 11) is 1.61. The van der Waals surface area contributed by atoms with Crippen molar-refractivity contribution in [2.24, 2.45) is 5.92 Å². The van der Waals surface area contributed by atoms with Crippen molar-refractivity contribution < 1.29 is 23.8 Å². The van der Waals surface area contributed by atoms with Crippen LogP contribution in [0.1, 0.15) is 27.4 Å². The Morgan fingerprint density at radius 2 is 1.86 bits per heavy atom. The lowest BCUT2D eigenvalue weighted by molar-refractivity contribution is -0.125. The third-order valence-electron chi connectivity index (χ3n) is 6.44. The summed E-state index contributed by atoms with van der Waals surface area (Å²) in [6.45, 7) is 1.27. The van der Waals surface area contributed by atoms with E-state index in [9.17, 15) is 9.59 Å². The van der Waals surface area contributed by atoms with Gasteiger partial charge in [-0.15, -0.1) is 0 Å². The fourth-order valence-corrected chi connectivity index (χ4v) is 4.81. The summed E-state index contributed by atoms with van der Waals surface area (Å²) in [4.78, 5) is 28.4. The first kappa shape index (κ1) is 23.1. The van der Waals surface area contributed by atoms with Gasteiger partial charge < -0.3 is 24.4 Å². The van der Waals surface area contributed by atoms with Crippen LogP contribution in [0.5, 0.6) is 17.2 Å². The maximum atomic E-state index is 13.4. The van der Waals surface area contributed by atoms with Crippen LogP contribution in [-0.2, 0) is 11.3 Å². The van der Waals surface area contributed by atoms with Crippen molar-refractivity contribution >= 4 is 23.4 Å². The highest BCUT2D eigenvalue weighted by molar-refractivity contribution is 6.30. The molecule has 7 nitrogen and oxygen atoms in total. The molecule has 2 aliphatic rings. The summed E-state index contributed by atoms with van der Waals surface area (Å²) in [5, 5.41) is 3.54. The molecular formula is C27H25ClN2O5. The first-order valence-electron chi connectivity index (χ1n) is 11.4. The molecule has 1 fully saturated rings. The van der Waals surface area contributed by atoms with Gasteiger partial charge in [0.1, 0.15) is 5.75 Å². The van der Waals surface area contributed by atoms with E-state index in [2.05, 4.69) is 5.32 Å². The van der Waals surface area contributed by atoms with Gasteiger partial charge in [0.2, 0.25) is 12.7 Å². The summed E-state index contributed by atoms with van der Waals surface area (Å²) < 4.78 is 16.2. The number of ether oxygens (including phenoxy) is 3. The summed E-state index contributed by atoms with van der Waals surface area (Å²) in [5.41, 5.74) is 2.36. The van der Waals surface area contributed by atoms with Crippen molar-refractivity contribution in [3.63, 3.8) is 0 Å². The van der Waals surface area contributed by atoms with Crippen molar-refractivity contribution in [2.75, 3.05) is 27.0 Å². The van der Waals surface area contributed by atoms with Crippen LogP contribution in [0.2, 0.25) is 5.02 Å². The number of amides is 2. The molecule has 2 amide bonds. The van der Waals surface area contributed by atoms with E-state index < -0.39 is 5.92 Å². The molecule has 3 aromatic rings. The van der Waals surface area contributed by atoms with E-state index in [0.29, 0.717) is 47.5 Å². The average molecular weight is 493 g/mol. The summed E-state index contributed by atoms with van der Waals surface area (Å²) in [6, 6.07) is 20.1. The second kappa shape index (κ2) is 9.88. The normalized spacial score (nSPS) is 18.4. The Balaban J connectivity index is 1.36. The van der Waals surface area contributed by atoms with E-state index in [-0.39, 0.29) is 24.5 Å². The zero-order chi connectivity index (χ0) is 24.4. The van der Waals surface area contributed by atoms with Gasteiger partial charge in [-0.05, 0) is 53.6 Å². The van der Waals surface area contributed by atoms with Crippen molar-refractivity contribution in [3.05, 3.63) is 88.4 Å². The van der Waals surface area contributed by atoms with Crippen molar-refractivity contribution in [1.82, 2.24) is 10.2 Å².